The molecule has 0 aliphatic heterocycles. The molecule has 0 radical (unpaired) electrons. The van der Waals surface area contributed by atoms with E-state index in [1.165, 1.54) is 19.4 Å². The summed E-state index contributed by atoms with van der Waals surface area (Å²) in [5.74, 6) is -0.134. The fraction of sp³-hybridized carbons (Fsp3) is 0.233. The van der Waals surface area contributed by atoms with Crippen molar-refractivity contribution in [2.24, 2.45) is 7.05 Å². The fourth-order valence-electron chi connectivity index (χ4n) is 5.07. The van der Waals surface area contributed by atoms with Crippen LogP contribution in [-0.4, -0.2) is 34.8 Å². The second-order valence-electron chi connectivity index (χ2n) is 9.82. The summed E-state index contributed by atoms with van der Waals surface area (Å²) in [6.45, 7) is 3.45. The highest BCUT2D eigenvalue weighted by atomic mass is 19.4. The zero-order valence-electron chi connectivity index (χ0n) is 22.3. The van der Waals surface area contributed by atoms with Crippen LogP contribution in [0.4, 0.5) is 24.7 Å². The molecule has 0 saturated heterocycles. The highest BCUT2D eigenvalue weighted by Crippen LogP contribution is 2.46. The van der Waals surface area contributed by atoms with Crippen LogP contribution in [0.1, 0.15) is 30.0 Å². The first-order valence-corrected chi connectivity index (χ1v) is 12.8. The van der Waals surface area contributed by atoms with Gasteiger partial charge in [0.15, 0.2) is 0 Å². The summed E-state index contributed by atoms with van der Waals surface area (Å²) in [5.41, 5.74) is 10.2. The van der Waals surface area contributed by atoms with Crippen molar-refractivity contribution in [1.82, 2.24) is 14.9 Å². The number of alkyl halides is 3. The molecule has 1 amide bonds. The maximum absolute atomic E-state index is 14.1. The van der Waals surface area contributed by atoms with Crippen LogP contribution >= 0.6 is 0 Å². The number of carbonyl (C=O) groups excluding carboxylic acids is 1. The summed E-state index contributed by atoms with van der Waals surface area (Å²) in [7, 11) is 3.11. The van der Waals surface area contributed by atoms with E-state index in [0.29, 0.717) is 51.8 Å². The van der Waals surface area contributed by atoms with Crippen molar-refractivity contribution in [1.29, 1.82) is 5.26 Å². The number of rotatable bonds is 8. The van der Waals surface area contributed by atoms with Gasteiger partial charge in [-0.15, -0.1) is 0 Å². The monoisotopic (exact) mass is 560 g/mol. The molecule has 0 spiro atoms. The van der Waals surface area contributed by atoms with Crippen molar-refractivity contribution in [2.75, 3.05) is 18.2 Å². The van der Waals surface area contributed by atoms with Crippen molar-refractivity contribution in [3.63, 3.8) is 0 Å². The number of aromatic nitrogens is 2. The average Bonchev–Trinajstić information content (AvgIpc) is 3.73. The number of amides is 1. The van der Waals surface area contributed by atoms with Gasteiger partial charge in [-0.3, -0.25) is 10.1 Å². The van der Waals surface area contributed by atoms with E-state index in [0.717, 1.165) is 6.08 Å². The lowest BCUT2D eigenvalue weighted by atomic mass is 9.95. The molecule has 1 aliphatic carbocycles. The Bertz CT molecular complexity index is 1700. The number of nitrogens with one attached hydrogen (secondary N) is 2. The number of ether oxygens (including phenoxy) is 1. The van der Waals surface area contributed by atoms with Crippen molar-refractivity contribution in [2.45, 2.75) is 31.1 Å². The first-order valence-electron chi connectivity index (χ1n) is 12.8. The Morgan fingerprint density at radius 1 is 1.24 bits per heavy atom. The molecule has 210 valence electrons. The SMILES string of the molecule is C=CC(=O)Nc1ccc(-c2c(-c3ccc(C(NC4CC4)C(F)(F)F)c(OC)c3)c3c(N)ncc(C#N)c3n2C)cc1. The number of hydrogen-bond acceptors (Lipinski definition) is 6. The molecule has 4 aromatic rings. The number of halogens is 3. The molecule has 4 N–H and O–H groups in total. The second kappa shape index (κ2) is 10.6. The summed E-state index contributed by atoms with van der Waals surface area (Å²) >= 11 is 0. The number of nitrogen functional groups attached to an aromatic ring is 1. The van der Waals surface area contributed by atoms with E-state index >= 15 is 0 Å². The first-order chi connectivity index (χ1) is 19.6. The largest absolute Gasteiger partial charge is 0.496 e. The fourth-order valence-corrected chi connectivity index (χ4v) is 5.07. The maximum Gasteiger partial charge on any atom is 0.408 e. The summed E-state index contributed by atoms with van der Waals surface area (Å²) < 4.78 is 49.6. The van der Waals surface area contributed by atoms with Crippen molar-refractivity contribution in [3.8, 4) is 34.2 Å². The molecule has 2 heterocycles. The third-order valence-electron chi connectivity index (χ3n) is 7.11. The normalized spacial score (nSPS) is 14.0. The lowest BCUT2D eigenvalue weighted by Gasteiger charge is -2.24. The lowest BCUT2D eigenvalue weighted by molar-refractivity contribution is -0.158. The molecule has 5 rings (SSSR count). The molecular formula is C30H27F3N6O2. The van der Waals surface area contributed by atoms with E-state index < -0.39 is 12.2 Å². The van der Waals surface area contributed by atoms with E-state index in [4.69, 9.17) is 10.5 Å². The maximum atomic E-state index is 14.1. The number of nitrogens with two attached hydrogens (primary N) is 1. The van der Waals surface area contributed by atoms with Gasteiger partial charge in [-0.05, 0) is 48.2 Å². The molecule has 2 aromatic carbocycles. The van der Waals surface area contributed by atoms with E-state index in [2.05, 4.69) is 28.3 Å². The summed E-state index contributed by atoms with van der Waals surface area (Å²) in [5, 5.41) is 15.7. The molecule has 41 heavy (non-hydrogen) atoms. The third-order valence-corrected chi connectivity index (χ3v) is 7.11. The molecule has 11 heteroatoms. The Hall–Kier alpha value is -4.82. The number of nitriles is 1. The van der Waals surface area contributed by atoms with Crippen molar-refractivity contribution < 1.29 is 22.7 Å². The Morgan fingerprint density at radius 3 is 2.51 bits per heavy atom. The van der Waals surface area contributed by atoms with Gasteiger partial charge in [0, 0.05) is 36.1 Å². The van der Waals surface area contributed by atoms with Crippen LogP contribution < -0.4 is 21.1 Å². The number of carbonyl (C=O) groups is 1. The summed E-state index contributed by atoms with van der Waals surface area (Å²) in [4.78, 5) is 16.0. The highest BCUT2D eigenvalue weighted by molar-refractivity contribution is 6.11. The van der Waals surface area contributed by atoms with Gasteiger partial charge >= 0.3 is 6.18 Å². The molecule has 1 unspecified atom stereocenters. The van der Waals surface area contributed by atoms with Crippen LogP contribution in [0, 0.1) is 11.3 Å². The minimum absolute atomic E-state index is 0.0245. The lowest BCUT2D eigenvalue weighted by Crippen LogP contribution is -2.35. The highest BCUT2D eigenvalue weighted by Gasteiger charge is 2.45. The zero-order valence-corrected chi connectivity index (χ0v) is 22.3. The minimum Gasteiger partial charge on any atom is -0.496 e. The third kappa shape index (κ3) is 5.21. The molecule has 1 fully saturated rings. The van der Waals surface area contributed by atoms with Crippen LogP contribution in [0.25, 0.3) is 33.3 Å². The van der Waals surface area contributed by atoms with Crippen molar-refractivity contribution in [3.05, 3.63) is 72.4 Å². The molecule has 8 nitrogen and oxygen atoms in total. The molecule has 1 aliphatic rings. The molecule has 2 aromatic heterocycles. The van der Waals surface area contributed by atoms with E-state index in [1.54, 1.807) is 43.4 Å². The van der Waals surface area contributed by atoms with Crippen LogP contribution in [0.15, 0.2) is 61.3 Å². The standard InChI is InChI=1S/C30H27F3N6O2/c1-4-23(40)37-19-8-5-16(6-9-19)26-24(25-27(39(26)2)18(14-34)15-36-29(25)35)17-7-12-21(22(13-17)41-3)28(30(31,32)33)38-20-10-11-20/h4-9,12-13,15,20,28,38H,1,10-11H2,2-3H3,(H2,35,36)(H,37,40). The Kier molecular flexibility index (Phi) is 7.19. The predicted octanol–water partition coefficient (Wildman–Crippen LogP) is 5.85. The minimum atomic E-state index is -4.53. The second-order valence-corrected chi connectivity index (χ2v) is 9.82. The average molecular weight is 561 g/mol. The van der Waals surface area contributed by atoms with Gasteiger partial charge in [0.1, 0.15) is 23.7 Å². The first kappa shape index (κ1) is 27.7. The quantitative estimate of drug-likeness (QED) is 0.233. The number of nitrogens with zero attached hydrogens (tertiary/aromatic N) is 3. The van der Waals surface area contributed by atoms with Gasteiger partial charge in [0.2, 0.25) is 5.91 Å². The number of benzene rings is 2. The van der Waals surface area contributed by atoms with Gasteiger partial charge in [-0.25, -0.2) is 4.98 Å². The van der Waals surface area contributed by atoms with Crippen molar-refractivity contribution >= 4 is 28.3 Å². The molecular weight excluding hydrogens is 533 g/mol. The Labute approximate surface area is 234 Å². The summed E-state index contributed by atoms with van der Waals surface area (Å²) in [6, 6.07) is 11.6. The zero-order chi connectivity index (χ0) is 29.5. The smallest absolute Gasteiger partial charge is 0.408 e. The van der Waals surface area contributed by atoms with Gasteiger partial charge in [0.25, 0.3) is 0 Å². The molecule has 1 saturated carbocycles. The molecule has 1 atom stereocenters. The van der Waals surface area contributed by atoms with Crippen LogP contribution in [0.2, 0.25) is 0 Å². The number of hydrogen-bond donors (Lipinski definition) is 3. The van der Waals surface area contributed by atoms with Crippen LogP contribution in [-0.2, 0) is 11.8 Å². The summed E-state index contributed by atoms with van der Waals surface area (Å²) in [6.07, 6.45) is -0.595. The number of methoxy groups -OCH3 is 1. The topological polar surface area (TPSA) is 118 Å². The van der Waals surface area contributed by atoms with Crippen LogP contribution in [0.3, 0.4) is 0 Å². The Morgan fingerprint density at radius 2 is 1.93 bits per heavy atom. The molecule has 0 bridgehead atoms. The number of aryl methyl sites for hydroxylation is 1. The Balaban J connectivity index is 1.73. The predicted molar refractivity (Wildman–Crippen MR) is 151 cm³/mol. The van der Waals surface area contributed by atoms with Gasteiger partial charge < -0.3 is 20.4 Å². The van der Waals surface area contributed by atoms with E-state index in [9.17, 15) is 23.2 Å². The van der Waals surface area contributed by atoms with E-state index in [-0.39, 0.29) is 34.6 Å². The van der Waals surface area contributed by atoms with Gasteiger partial charge in [0.05, 0.1) is 29.3 Å². The number of anilines is 2. The van der Waals surface area contributed by atoms with E-state index in [1.807, 2.05) is 4.57 Å². The number of fused-ring (bicyclic) bond motifs is 1. The van der Waals surface area contributed by atoms with Crippen LogP contribution in [0.5, 0.6) is 5.75 Å². The van der Waals surface area contributed by atoms with Gasteiger partial charge in [-0.2, -0.15) is 18.4 Å². The van der Waals surface area contributed by atoms with Gasteiger partial charge in [-0.1, -0.05) is 30.8 Å². The number of pyridine rings is 1.